The maximum Gasteiger partial charge on any atom is 0.221 e. The van der Waals surface area contributed by atoms with Crippen LogP contribution in [-0.2, 0) is 0 Å². The molecule has 3 rings (SSSR count). The molecule has 0 bridgehead atoms. The minimum Gasteiger partial charge on any atom is -0.368 e. The molecule has 0 aliphatic rings. The zero-order chi connectivity index (χ0) is 13.2. The average molecular weight is 272 g/mol. The molecule has 0 fully saturated rings. The predicted octanol–water partition coefficient (Wildman–Crippen LogP) is 3.00. The van der Waals surface area contributed by atoms with Crippen LogP contribution < -0.4 is 11.1 Å². The number of nitrogens with two attached hydrogens (primary N) is 1. The van der Waals surface area contributed by atoms with Gasteiger partial charge < -0.3 is 11.1 Å². The molecule has 1 aromatic carbocycles. The largest absolute Gasteiger partial charge is 0.368 e. The number of rotatable bonds is 2. The van der Waals surface area contributed by atoms with Gasteiger partial charge in [0.1, 0.15) is 5.82 Å². The van der Waals surface area contributed by atoms with Gasteiger partial charge in [-0.2, -0.15) is 4.98 Å². The summed E-state index contributed by atoms with van der Waals surface area (Å²) in [5.74, 6) is 0.831. The second-order valence-electron chi connectivity index (χ2n) is 3.92. The van der Waals surface area contributed by atoms with Gasteiger partial charge >= 0.3 is 0 Å². The molecule has 0 saturated heterocycles. The highest BCUT2D eigenvalue weighted by Crippen LogP contribution is 2.29. The number of hydrogen-bond acceptors (Lipinski definition) is 5. The van der Waals surface area contributed by atoms with E-state index in [0.29, 0.717) is 10.8 Å². The molecule has 0 saturated carbocycles. The van der Waals surface area contributed by atoms with E-state index >= 15 is 0 Å². The van der Waals surface area contributed by atoms with E-state index in [4.69, 9.17) is 17.3 Å². The average Bonchev–Trinajstić information content (AvgIpc) is 2.42. The Morgan fingerprint density at radius 3 is 2.79 bits per heavy atom. The van der Waals surface area contributed by atoms with Crippen LogP contribution >= 0.6 is 11.6 Å². The van der Waals surface area contributed by atoms with Crippen LogP contribution in [0, 0.1) is 0 Å². The molecule has 0 unspecified atom stereocenters. The van der Waals surface area contributed by atoms with Gasteiger partial charge in [-0.3, -0.25) is 4.98 Å². The minimum absolute atomic E-state index is 0.219. The number of hydrogen-bond donors (Lipinski definition) is 2. The lowest BCUT2D eigenvalue weighted by Crippen LogP contribution is -1.99. The van der Waals surface area contributed by atoms with Crippen molar-refractivity contribution in [1.82, 2.24) is 15.0 Å². The monoisotopic (exact) mass is 271 g/mol. The molecule has 2 heterocycles. The van der Waals surface area contributed by atoms with Gasteiger partial charge in [-0.05, 0) is 30.3 Å². The van der Waals surface area contributed by atoms with Crippen LogP contribution in [-0.4, -0.2) is 15.0 Å². The van der Waals surface area contributed by atoms with E-state index < -0.39 is 0 Å². The van der Waals surface area contributed by atoms with Crippen LogP contribution in [0.25, 0.3) is 10.9 Å². The molecule has 0 aliphatic carbocycles. The van der Waals surface area contributed by atoms with E-state index in [-0.39, 0.29) is 5.95 Å². The number of benzene rings is 1. The van der Waals surface area contributed by atoms with Gasteiger partial charge in [-0.1, -0.05) is 11.6 Å². The van der Waals surface area contributed by atoms with Crippen molar-refractivity contribution in [2.24, 2.45) is 0 Å². The lowest BCUT2D eigenvalue weighted by Gasteiger charge is -2.09. The van der Waals surface area contributed by atoms with Crippen molar-refractivity contribution in [2.75, 3.05) is 11.1 Å². The Labute approximate surface area is 114 Å². The molecule has 0 amide bonds. The lowest BCUT2D eigenvalue weighted by atomic mass is 10.2. The van der Waals surface area contributed by atoms with E-state index in [0.717, 1.165) is 16.6 Å². The maximum atomic E-state index is 6.14. The third-order valence-electron chi connectivity index (χ3n) is 2.65. The highest BCUT2D eigenvalue weighted by atomic mass is 35.5. The molecule has 0 aliphatic heterocycles. The van der Waals surface area contributed by atoms with Crippen LogP contribution in [0.4, 0.5) is 17.5 Å². The van der Waals surface area contributed by atoms with E-state index in [2.05, 4.69) is 20.3 Å². The molecule has 2 aromatic heterocycles. The first kappa shape index (κ1) is 11.7. The zero-order valence-corrected chi connectivity index (χ0v) is 10.6. The van der Waals surface area contributed by atoms with Gasteiger partial charge in [-0.25, -0.2) is 4.98 Å². The Hall–Kier alpha value is -2.40. The van der Waals surface area contributed by atoms with Crippen LogP contribution in [0.1, 0.15) is 0 Å². The third kappa shape index (κ3) is 2.28. The number of nitrogen functional groups attached to an aromatic ring is 1. The summed E-state index contributed by atoms with van der Waals surface area (Å²) in [4.78, 5) is 12.3. The Balaban J connectivity index is 2.09. The number of aromatic nitrogens is 3. The van der Waals surface area contributed by atoms with Gasteiger partial charge in [0.2, 0.25) is 5.95 Å². The fourth-order valence-electron chi connectivity index (χ4n) is 1.82. The molecular formula is C13H10ClN5. The van der Waals surface area contributed by atoms with Crippen molar-refractivity contribution < 1.29 is 0 Å². The second-order valence-corrected chi connectivity index (χ2v) is 4.33. The first-order chi connectivity index (χ1) is 9.24. The highest BCUT2D eigenvalue weighted by Gasteiger charge is 2.06. The summed E-state index contributed by atoms with van der Waals surface area (Å²) in [7, 11) is 0. The Morgan fingerprint density at radius 2 is 1.95 bits per heavy atom. The molecule has 5 nitrogen and oxygen atoms in total. The molecule has 3 aromatic rings. The number of anilines is 3. The van der Waals surface area contributed by atoms with Crippen molar-refractivity contribution in [3.05, 3.63) is 47.7 Å². The Kier molecular flexibility index (Phi) is 2.89. The molecule has 19 heavy (non-hydrogen) atoms. The first-order valence-electron chi connectivity index (χ1n) is 5.63. The molecule has 0 spiro atoms. The number of pyridine rings is 1. The summed E-state index contributed by atoms with van der Waals surface area (Å²) in [5, 5.41) is 4.71. The maximum absolute atomic E-state index is 6.14. The SMILES string of the molecule is Nc1nccc(Nc2ccc(Cl)c3cccnc23)n1. The summed E-state index contributed by atoms with van der Waals surface area (Å²) in [6.07, 6.45) is 3.31. The third-order valence-corrected chi connectivity index (χ3v) is 2.98. The van der Waals surface area contributed by atoms with Gasteiger partial charge in [0, 0.05) is 17.8 Å². The van der Waals surface area contributed by atoms with Crippen LogP contribution in [0.15, 0.2) is 42.7 Å². The van der Waals surface area contributed by atoms with Crippen molar-refractivity contribution in [1.29, 1.82) is 0 Å². The van der Waals surface area contributed by atoms with Gasteiger partial charge in [-0.15, -0.1) is 0 Å². The van der Waals surface area contributed by atoms with Crippen molar-refractivity contribution in [3.8, 4) is 0 Å². The molecule has 0 radical (unpaired) electrons. The smallest absolute Gasteiger partial charge is 0.221 e. The summed E-state index contributed by atoms with van der Waals surface area (Å²) in [6, 6.07) is 9.18. The van der Waals surface area contributed by atoms with Gasteiger partial charge in [0.25, 0.3) is 0 Å². The van der Waals surface area contributed by atoms with Crippen LogP contribution in [0.3, 0.4) is 0 Å². The molecule has 94 valence electrons. The minimum atomic E-state index is 0.219. The number of nitrogens with one attached hydrogen (secondary N) is 1. The molecule has 3 N–H and O–H groups in total. The van der Waals surface area contributed by atoms with E-state index in [1.807, 2.05) is 24.3 Å². The predicted molar refractivity (Wildman–Crippen MR) is 76.5 cm³/mol. The molecule has 6 heteroatoms. The summed E-state index contributed by atoms with van der Waals surface area (Å²) >= 11 is 6.14. The zero-order valence-electron chi connectivity index (χ0n) is 9.84. The number of halogens is 1. The molecular weight excluding hydrogens is 262 g/mol. The highest BCUT2D eigenvalue weighted by molar-refractivity contribution is 6.35. The van der Waals surface area contributed by atoms with Crippen molar-refractivity contribution in [3.63, 3.8) is 0 Å². The van der Waals surface area contributed by atoms with E-state index in [1.54, 1.807) is 18.5 Å². The first-order valence-corrected chi connectivity index (χ1v) is 6.00. The van der Waals surface area contributed by atoms with Crippen molar-refractivity contribution >= 4 is 40.0 Å². The molecule has 0 atom stereocenters. The normalized spacial score (nSPS) is 10.6. The Morgan fingerprint density at radius 1 is 1.05 bits per heavy atom. The van der Waals surface area contributed by atoms with E-state index in [9.17, 15) is 0 Å². The number of fused-ring (bicyclic) bond motifs is 1. The Bertz CT molecular complexity index is 744. The topological polar surface area (TPSA) is 76.7 Å². The standard InChI is InChI=1S/C13H10ClN5/c14-9-3-4-10(12-8(9)2-1-6-16-12)18-11-5-7-17-13(15)19-11/h1-7H,(H3,15,17,18,19). The lowest BCUT2D eigenvalue weighted by molar-refractivity contribution is 1.18. The summed E-state index contributed by atoms with van der Waals surface area (Å²) in [5.41, 5.74) is 7.15. The fourth-order valence-corrected chi connectivity index (χ4v) is 2.04. The van der Waals surface area contributed by atoms with E-state index in [1.165, 1.54) is 0 Å². The fraction of sp³-hybridized carbons (Fsp3) is 0. The second kappa shape index (κ2) is 4.70. The van der Waals surface area contributed by atoms with Gasteiger partial charge in [0.15, 0.2) is 0 Å². The summed E-state index contributed by atoms with van der Waals surface area (Å²) in [6.45, 7) is 0. The van der Waals surface area contributed by atoms with Crippen molar-refractivity contribution in [2.45, 2.75) is 0 Å². The number of nitrogens with zero attached hydrogens (tertiary/aromatic N) is 3. The van der Waals surface area contributed by atoms with Crippen LogP contribution in [0.5, 0.6) is 0 Å². The summed E-state index contributed by atoms with van der Waals surface area (Å²) < 4.78 is 0. The quantitative estimate of drug-likeness (QED) is 0.749. The van der Waals surface area contributed by atoms with Crippen LogP contribution in [0.2, 0.25) is 5.02 Å². The van der Waals surface area contributed by atoms with Gasteiger partial charge in [0.05, 0.1) is 16.2 Å².